The number of aliphatic hydroxyl groups excluding tert-OH is 1. The van der Waals surface area contributed by atoms with Gasteiger partial charge in [0, 0.05) is 12.6 Å². The first-order valence-corrected chi connectivity index (χ1v) is 11.8. The van der Waals surface area contributed by atoms with Gasteiger partial charge in [-0.15, -0.1) is 0 Å². The van der Waals surface area contributed by atoms with Crippen LogP contribution in [-0.2, 0) is 11.3 Å². The van der Waals surface area contributed by atoms with Crippen molar-refractivity contribution in [2.24, 2.45) is 5.73 Å². The Kier molecular flexibility index (Phi) is 16.3. The Labute approximate surface area is 174 Å². The molecule has 2 atom stereocenters. The first-order chi connectivity index (χ1) is 13.7. The van der Waals surface area contributed by atoms with Gasteiger partial charge in [-0.25, -0.2) is 0 Å². The molecule has 0 aliphatic rings. The van der Waals surface area contributed by atoms with Gasteiger partial charge in [-0.05, 0) is 18.4 Å². The maximum atomic E-state index is 10.2. The fourth-order valence-corrected chi connectivity index (χ4v) is 3.60. The van der Waals surface area contributed by atoms with Gasteiger partial charge in [0.05, 0.1) is 12.7 Å². The Morgan fingerprint density at radius 3 is 1.89 bits per heavy atom. The van der Waals surface area contributed by atoms with Crippen molar-refractivity contribution in [3.63, 3.8) is 0 Å². The topological polar surface area (TPSA) is 55.5 Å². The molecule has 3 heteroatoms. The molecule has 0 radical (unpaired) electrons. The lowest BCUT2D eigenvalue weighted by Gasteiger charge is -2.18. The number of benzene rings is 1. The van der Waals surface area contributed by atoms with Gasteiger partial charge in [0.2, 0.25) is 0 Å². The normalized spacial score (nSPS) is 13.5. The summed E-state index contributed by atoms with van der Waals surface area (Å²) in [5.41, 5.74) is 7.30. The molecule has 0 aliphatic carbocycles. The highest BCUT2D eigenvalue weighted by molar-refractivity contribution is 5.13. The average Bonchev–Trinajstić information content (AvgIpc) is 2.72. The highest BCUT2D eigenvalue weighted by atomic mass is 16.5. The standard InChI is InChI=1S/C25H45NO2/c1-2-3-4-5-6-7-8-9-10-11-12-16-19-24(26)25(27)20-21-28-22-23-17-14-13-15-18-23/h13-15,17-18,24-25,27H,2-12,16,19-22,26H2,1H3/t24-,25-/m1/s1. The molecule has 3 N–H and O–H groups in total. The van der Waals surface area contributed by atoms with E-state index in [4.69, 9.17) is 10.5 Å². The highest BCUT2D eigenvalue weighted by Crippen LogP contribution is 2.14. The van der Waals surface area contributed by atoms with Gasteiger partial charge in [0.25, 0.3) is 0 Å². The molecule has 1 aromatic carbocycles. The monoisotopic (exact) mass is 391 g/mol. The summed E-state index contributed by atoms with van der Waals surface area (Å²) in [5, 5.41) is 10.2. The minimum Gasteiger partial charge on any atom is -0.391 e. The first kappa shape index (κ1) is 25.1. The summed E-state index contributed by atoms with van der Waals surface area (Å²) in [7, 11) is 0. The van der Waals surface area contributed by atoms with Gasteiger partial charge in [0.1, 0.15) is 0 Å². The summed E-state index contributed by atoms with van der Waals surface area (Å²) >= 11 is 0. The number of ether oxygens (including phenoxy) is 1. The van der Waals surface area contributed by atoms with Crippen molar-refractivity contribution in [2.75, 3.05) is 6.61 Å². The molecule has 0 heterocycles. The van der Waals surface area contributed by atoms with E-state index in [1.807, 2.05) is 18.2 Å². The van der Waals surface area contributed by atoms with E-state index in [-0.39, 0.29) is 6.04 Å². The van der Waals surface area contributed by atoms with E-state index in [9.17, 15) is 5.11 Å². The van der Waals surface area contributed by atoms with Crippen LogP contribution in [0.5, 0.6) is 0 Å². The Morgan fingerprint density at radius 2 is 1.32 bits per heavy atom. The number of unbranched alkanes of at least 4 members (excludes halogenated alkanes) is 11. The zero-order valence-corrected chi connectivity index (χ0v) is 18.3. The number of rotatable bonds is 19. The summed E-state index contributed by atoms with van der Waals surface area (Å²) in [6.07, 6.45) is 17.3. The Bertz CT molecular complexity index is 437. The molecule has 0 unspecified atom stereocenters. The Morgan fingerprint density at radius 1 is 0.786 bits per heavy atom. The van der Waals surface area contributed by atoms with Gasteiger partial charge >= 0.3 is 0 Å². The van der Waals surface area contributed by atoms with Gasteiger partial charge in [-0.1, -0.05) is 114 Å². The van der Waals surface area contributed by atoms with E-state index in [0.29, 0.717) is 19.6 Å². The number of aliphatic hydroxyl groups is 1. The quantitative estimate of drug-likeness (QED) is 0.269. The zero-order valence-electron chi connectivity index (χ0n) is 18.3. The van der Waals surface area contributed by atoms with E-state index in [1.54, 1.807) is 0 Å². The molecule has 0 spiro atoms. The van der Waals surface area contributed by atoms with Crippen molar-refractivity contribution >= 4 is 0 Å². The van der Waals surface area contributed by atoms with E-state index in [2.05, 4.69) is 19.1 Å². The molecular weight excluding hydrogens is 346 g/mol. The molecule has 28 heavy (non-hydrogen) atoms. The molecule has 1 rings (SSSR count). The molecule has 0 bridgehead atoms. The second kappa shape index (κ2) is 18.1. The lowest BCUT2D eigenvalue weighted by Crippen LogP contribution is -2.35. The lowest BCUT2D eigenvalue weighted by molar-refractivity contribution is 0.0606. The van der Waals surface area contributed by atoms with Crippen LogP contribution in [0.3, 0.4) is 0 Å². The third-order valence-electron chi connectivity index (χ3n) is 5.55. The number of hydrogen-bond acceptors (Lipinski definition) is 3. The summed E-state index contributed by atoms with van der Waals surface area (Å²) in [4.78, 5) is 0. The van der Waals surface area contributed by atoms with Crippen LogP contribution in [0.4, 0.5) is 0 Å². The fourth-order valence-electron chi connectivity index (χ4n) is 3.60. The molecule has 0 saturated carbocycles. The van der Waals surface area contributed by atoms with Gasteiger partial charge in [0.15, 0.2) is 0 Å². The van der Waals surface area contributed by atoms with Crippen molar-refractivity contribution in [3.05, 3.63) is 35.9 Å². The van der Waals surface area contributed by atoms with E-state index in [0.717, 1.165) is 18.4 Å². The van der Waals surface area contributed by atoms with Crippen LogP contribution in [0.1, 0.15) is 102 Å². The molecule has 3 nitrogen and oxygen atoms in total. The van der Waals surface area contributed by atoms with Gasteiger partial charge < -0.3 is 15.6 Å². The van der Waals surface area contributed by atoms with Crippen LogP contribution in [0.25, 0.3) is 0 Å². The maximum Gasteiger partial charge on any atom is 0.0716 e. The summed E-state index contributed by atoms with van der Waals surface area (Å²) in [5.74, 6) is 0. The Hall–Kier alpha value is -0.900. The fraction of sp³-hybridized carbons (Fsp3) is 0.760. The summed E-state index contributed by atoms with van der Waals surface area (Å²) in [6, 6.07) is 10.0. The summed E-state index contributed by atoms with van der Waals surface area (Å²) < 4.78 is 5.64. The lowest BCUT2D eigenvalue weighted by atomic mass is 10.0. The molecule has 0 amide bonds. The van der Waals surface area contributed by atoms with Crippen molar-refractivity contribution in [3.8, 4) is 0 Å². The van der Waals surface area contributed by atoms with Crippen LogP contribution in [0.15, 0.2) is 30.3 Å². The number of hydrogen-bond donors (Lipinski definition) is 2. The molecule has 0 fully saturated rings. The van der Waals surface area contributed by atoms with Crippen molar-refractivity contribution < 1.29 is 9.84 Å². The predicted molar refractivity (Wildman–Crippen MR) is 120 cm³/mol. The first-order valence-electron chi connectivity index (χ1n) is 11.8. The van der Waals surface area contributed by atoms with Crippen LogP contribution in [-0.4, -0.2) is 23.9 Å². The third kappa shape index (κ3) is 14.1. The van der Waals surface area contributed by atoms with E-state index in [1.165, 1.54) is 70.6 Å². The van der Waals surface area contributed by atoms with Crippen LogP contribution < -0.4 is 5.73 Å². The minimum atomic E-state index is -0.455. The van der Waals surface area contributed by atoms with Crippen LogP contribution >= 0.6 is 0 Å². The van der Waals surface area contributed by atoms with E-state index >= 15 is 0 Å². The molecule has 0 aliphatic heterocycles. The SMILES string of the molecule is CCCCCCCCCCCCCC[C@@H](N)[C@H](O)CCOCc1ccccc1. The second-order valence-electron chi connectivity index (χ2n) is 8.24. The second-order valence-corrected chi connectivity index (χ2v) is 8.24. The third-order valence-corrected chi connectivity index (χ3v) is 5.55. The van der Waals surface area contributed by atoms with Crippen LogP contribution in [0.2, 0.25) is 0 Å². The largest absolute Gasteiger partial charge is 0.391 e. The van der Waals surface area contributed by atoms with Crippen molar-refractivity contribution in [2.45, 2.75) is 116 Å². The average molecular weight is 392 g/mol. The molecule has 0 aromatic heterocycles. The molecule has 0 saturated heterocycles. The highest BCUT2D eigenvalue weighted by Gasteiger charge is 2.14. The van der Waals surface area contributed by atoms with Crippen molar-refractivity contribution in [1.82, 2.24) is 0 Å². The van der Waals surface area contributed by atoms with Gasteiger partial charge in [-0.2, -0.15) is 0 Å². The van der Waals surface area contributed by atoms with E-state index < -0.39 is 6.10 Å². The van der Waals surface area contributed by atoms with Crippen LogP contribution in [0, 0.1) is 0 Å². The molecule has 1 aromatic rings. The molecular formula is C25H45NO2. The molecule has 162 valence electrons. The zero-order chi connectivity index (χ0) is 20.3. The minimum absolute atomic E-state index is 0.122. The van der Waals surface area contributed by atoms with Gasteiger partial charge in [-0.3, -0.25) is 0 Å². The Balaban J connectivity index is 1.86. The smallest absolute Gasteiger partial charge is 0.0716 e. The maximum absolute atomic E-state index is 10.2. The van der Waals surface area contributed by atoms with Crippen molar-refractivity contribution in [1.29, 1.82) is 0 Å². The summed E-state index contributed by atoms with van der Waals surface area (Å²) in [6.45, 7) is 3.43. The predicted octanol–water partition coefficient (Wildman–Crippen LogP) is 6.37. The number of nitrogens with two attached hydrogens (primary N) is 1.